The van der Waals surface area contributed by atoms with E-state index < -0.39 is 10.0 Å². The SMILES string of the molecule is CC1CCCCCC1NS(=O)(=O)c1cc(CN)ccc1Br. The minimum absolute atomic E-state index is 0.0194. The molecule has 1 aromatic rings. The zero-order valence-corrected chi connectivity index (χ0v) is 14.7. The molecule has 0 bridgehead atoms. The fourth-order valence-corrected chi connectivity index (χ4v) is 5.20. The van der Waals surface area contributed by atoms with Gasteiger partial charge in [0.05, 0.1) is 4.90 Å². The Morgan fingerprint density at radius 1 is 1.29 bits per heavy atom. The monoisotopic (exact) mass is 374 g/mol. The highest BCUT2D eigenvalue weighted by Gasteiger charge is 2.27. The van der Waals surface area contributed by atoms with Crippen LogP contribution in [0.25, 0.3) is 0 Å². The first kappa shape index (κ1) is 16.9. The van der Waals surface area contributed by atoms with E-state index in [4.69, 9.17) is 5.73 Å². The van der Waals surface area contributed by atoms with Crippen LogP contribution in [0.2, 0.25) is 0 Å². The molecule has 1 aliphatic carbocycles. The molecule has 0 spiro atoms. The van der Waals surface area contributed by atoms with Crippen molar-refractivity contribution in [1.82, 2.24) is 4.72 Å². The molecule has 1 fully saturated rings. The largest absolute Gasteiger partial charge is 0.326 e. The van der Waals surface area contributed by atoms with Crippen LogP contribution in [0.1, 0.15) is 44.6 Å². The van der Waals surface area contributed by atoms with Gasteiger partial charge in [-0.25, -0.2) is 13.1 Å². The zero-order chi connectivity index (χ0) is 15.5. The summed E-state index contributed by atoms with van der Waals surface area (Å²) < 4.78 is 28.8. The van der Waals surface area contributed by atoms with E-state index in [9.17, 15) is 8.42 Å². The molecule has 2 unspecified atom stereocenters. The molecule has 2 rings (SSSR count). The predicted molar refractivity (Wildman–Crippen MR) is 88.4 cm³/mol. The van der Waals surface area contributed by atoms with Crippen molar-refractivity contribution in [2.24, 2.45) is 11.7 Å². The van der Waals surface area contributed by atoms with E-state index in [1.807, 2.05) is 6.07 Å². The Morgan fingerprint density at radius 3 is 2.71 bits per heavy atom. The molecule has 118 valence electrons. The molecule has 21 heavy (non-hydrogen) atoms. The summed E-state index contributed by atoms with van der Waals surface area (Å²) in [7, 11) is -3.52. The summed E-state index contributed by atoms with van der Waals surface area (Å²) in [6.07, 6.45) is 5.45. The van der Waals surface area contributed by atoms with Crippen LogP contribution in [-0.4, -0.2) is 14.5 Å². The van der Waals surface area contributed by atoms with E-state index in [0.29, 0.717) is 16.9 Å². The molecule has 0 heterocycles. The number of hydrogen-bond acceptors (Lipinski definition) is 3. The predicted octanol–water partition coefficient (Wildman–Crippen LogP) is 3.15. The lowest BCUT2D eigenvalue weighted by atomic mass is 9.98. The first-order valence-electron chi connectivity index (χ1n) is 7.45. The molecular weight excluding hydrogens is 352 g/mol. The summed E-state index contributed by atoms with van der Waals surface area (Å²) >= 11 is 3.33. The topological polar surface area (TPSA) is 72.2 Å². The van der Waals surface area contributed by atoms with Gasteiger partial charge in [0.1, 0.15) is 0 Å². The molecule has 1 saturated carbocycles. The van der Waals surface area contributed by atoms with Gasteiger partial charge >= 0.3 is 0 Å². The number of rotatable bonds is 4. The summed E-state index contributed by atoms with van der Waals surface area (Å²) in [5.74, 6) is 0.374. The number of hydrogen-bond donors (Lipinski definition) is 2. The Bertz CT molecular complexity index is 589. The van der Waals surface area contributed by atoms with Crippen LogP contribution in [0.3, 0.4) is 0 Å². The molecule has 1 aliphatic rings. The van der Waals surface area contributed by atoms with Crippen LogP contribution in [-0.2, 0) is 16.6 Å². The quantitative estimate of drug-likeness (QED) is 0.794. The maximum absolute atomic E-state index is 12.7. The molecule has 0 aliphatic heterocycles. The Labute approximate surface area is 135 Å². The van der Waals surface area contributed by atoms with Crippen molar-refractivity contribution in [2.45, 2.75) is 56.5 Å². The standard InChI is InChI=1S/C15H23BrN2O2S/c1-11-5-3-2-4-6-14(11)18-21(19,20)15-9-12(10-17)7-8-13(15)16/h7-9,11,14,18H,2-6,10,17H2,1H3. The van der Waals surface area contributed by atoms with Crippen molar-refractivity contribution < 1.29 is 8.42 Å². The normalized spacial score (nSPS) is 23.8. The summed E-state index contributed by atoms with van der Waals surface area (Å²) in [4.78, 5) is 0.280. The van der Waals surface area contributed by atoms with Gasteiger partial charge in [-0.15, -0.1) is 0 Å². The Balaban J connectivity index is 2.25. The van der Waals surface area contributed by atoms with Crippen molar-refractivity contribution in [3.63, 3.8) is 0 Å². The second kappa shape index (κ2) is 7.22. The third-order valence-electron chi connectivity index (χ3n) is 4.19. The number of nitrogens with two attached hydrogens (primary N) is 1. The van der Waals surface area contributed by atoms with Crippen LogP contribution in [0.5, 0.6) is 0 Å². The van der Waals surface area contributed by atoms with Crippen LogP contribution in [0.15, 0.2) is 27.6 Å². The average molecular weight is 375 g/mol. The summed E-state index contributed by atoms with van der Waals surface area (Å²) in [6, 6.07) is 5.24. The van der Waals surface area contributed by atoms with Gasteiger partial charge in [0.2, 0.25) is 10.0 Å². The van der Waals surface area contributed by atoms with Gasteiger partial charge in [-0.3, -0.25) is 0 Å². The van der Waals surface area contributed by atoms with Crippen molar-refractivity contribution in [1.29, 1.82) is 0 Å². The van der Waals surface area contributed by atoms with Crippen molar-refractivity contribution in [3.05, 3.63) is 28.2 Å². The Kier molecular flexibility index (Phi) is 5.82. The second-order valence-electron chi connectivity index (χ2n) is 5.81. The van der Waals surface area contributed by atoms with Gasteiger partial charge in [0, 0.05) is 17.1 Å². The zero-order valence-electron chi connectivity index (χ0n) is 12.3. The van der Waals surface area contributed by atoms with E-state index in [2.05, 4.69) is 27.6 Å². The summed E-state index contributed by atoms with van der Waals surface area (Å²) in [6.45, 7) is 2.46. The number of sulfonamides is 1. The molecule has 3 N–H and O–H groups in total. The first-order chi connectivity index (χ1) is 9.94. The van der Waals surface area contributed by atoms with E-state index in [-0.39, 0.29) is 10.9 Å². The molecular formula is C15H23BrN2O2S. The van der Waals surface area contributed by atoms with Crippen LogP contribution in [0.4, 0.5) is 0 Å². The van der Waals surface area contributed by atoms with Crippen LogP contribution in [0, 0.1) is 5.92 Å². The average Bonchev–Trinajstić information content (AvgIpc) is 2.64. The minimum Gasteiger partial charge on any atom is -0.326 e. The number of nitrogens with one attached hydrogen (secondary N) is 1. The third kappa shape index (κ3) is 4.28. The third-order valence-corrected chi connectivity index (χ3v) is 6.67. The highest BCUT2D eigenvalue weighted by atomic mass is 79.9. The maximum Gasteiger partial charge on any atom is 0.241 e. The van der Waals surface area contributed by atoms with Gasteiger partial charge in [0.15, 0.2) is 0 Å². The van der Waals surface area contributed by atoms with E-state index in [0.717, 1.165) is 24.8 Å². The van der Waals surface area contributed by atoms with Crippen LogP contribution < -0.4 is 10.5 Å². The molecule has 0 radical (unpaired) electrons. The lowest BCUT2D eigenvalue weighted by Gasteiger charge is -2.23. The highest BCUT2D eigenvalue weighted by molar-refractivity contribution is 9.10. The minimum atomic E-state index is -3.52. The number of halogens is 1. The summed E-state index contributed by atoms with van der Waals surface area (Å²) in [5.41, 5.74) is 6.42. The van der Waals surface area contributed by atoms with Crippen molar-refractivity contribution >= 4 is 26.0 Å². The Hall–Kier alpha value is -0.430. The van der Waals surface area contributed by atoms with Crippen LogP contribution >= 0.6 is 15.9 Å². The second-order valence-corrected chi connectivity index (χ2v) is 8.35. The van der Waals surface area contributed by atoms with Crippen molar-refractivity contribution in [2.75, 3.05) is 0 Å². The molecule has 4 nitrogen and oxygen atoms in total. The molecule has 0 amide bonds. The molecule has 0 aromatic heterocycles. The van der Waals surface area contributed by atoms with Gasteiger partial charge < -0.3 is 5.73 Å². The number of benzene rings is 1. The lowest BCUT2D eigenvalue weighted by molar-refractivity contribution is 0.399. The van der Waals surface area contributed by atoms with Gasteiger partial charge in [0.25, 0.3) is 0 Å². The van der Waals surface area contributed by atoms with E-state index >= 15 is 0 Å². The fraction of sp³-hybridized carbons (Fsp3) is 0.600. The fourth-order valence-electron chi connectivity index (χ4n) is 2.81. The molecule has 0 saturated heterocycles. The van der Waals surface area contributed by atoms with Gasteiger partial charge in [-0.1, -0.05) is 32.3 Å². The first-order valence-corrected chi connectivity index (χ1v) is 9.72. The van der Waals surface area contributed by atoms with Crippen molar-refractivity contribution in [3.8, 4) is 0 Å². The molecule has 2 atom stereocenters. The van der Waals surface area contributed by atoms with Gasteiger partial charge in [-0.05, 0) is 52.4 Å². The Morgan fingerprint density at radius 2 is 2.00 bits per heavy atom. The molecule has 1 aromatic carbocycles. The lowest BCUT2D eigenvalue weighted by Crippen LogP contribution is -2.39. The van der Waals surface area contributed by atoms with Gasteiger partial charge in [-0.2, -0.15) is 0 Å². The summed E-state index contributed by atoms with van der Waals surface area (Å²) in [5, 5.41) is 0. The highest BCUT2D eigenvalue weighted by Crippen LogP contribution is 2.27. The van der Waals surface area contributed by atoms with E-state index in [1.54, 1.807) is 12.1 Å². The van der Waals surface area contributed by atoms with E-state index in [1.165, 1.54) is 12.8 Å². The smallest absolute Gasteiger partial charge is 0.241 e. The molecule has 6 heteroatoms. The maximum atomic E-state index is 12.7.